The number of rotatable bonds is 2. The maximum absolute atomic E-state index is 11.8. The van der Waals surface area contributed by atoms with Gasteiger partial charge in [-0.25, -0.2) is 0 Å². The maximum atomic E-state index is 11.8. The zero-order valence-electron chi connectivity index (χ0n) is 9.96. The summed E-state index contributed by atoms with van der Waals surface area (Å²) >= 11 is 6.26. The zero-order chi connectivity index (χ0) is 12.6. The number of benzene rings is 1. The number of hydrogen-bond acceptors (Lipinski definition) is 3. The third kappa shape index (κ3) is 1.93. The van der Waals surface area contributed by atoms with Crippen molar-refractivity contribution in [1.29, 1.82) is 0 Å². The van der Waals surface area contributed by atoms with Crippen molar-refractivity contribution in [2.45, 2.75) is 19.4 Å². The van der Waals surface area contributed by atoms with Crippen molar-refractivity contribution in [2.24, 2.45) is 0 Å². The molecule has 92 valence electrons. The van der Waals surface area contributed by atoms with E-state index in [2.05, 4.69) is 5.32 Å². The minimum absolute atomic E-state index is 0.0746. The fourth-order valence-electron chi connectivity index (χ4n) is 2.05. The first-order valence-corrected chi connectivity index (χ1v) is 5.70. The average Bonchev–Trinajstić information content (AvgIpc) is 2.30. The summed E-state index contributed by atoms with van der Waals surface area (Å²) in [6, 6.07) is 1.74. The standard InChI is InChI=1S/C12H14ClNO3/c1-6-4-7-8(12(15)14-6)5-9(16-2)11(17-3)10(7)13/h5-6H,4H2,1-3H3,(H,14,15). The molecule has 0 spiro atoms. The Morgan fingerprint density at radius 3 is 2.71 bits per heavy atom. The summed E-state index contributed by atoms with van der Waals surface area (Å²) in [5, 5.41) is 3.32. The highest BCUT2D eigenvalue weighted by Gasteiger charge is 2.27. The van der Waals surface area contributed by atoms with E-state index in [4.69, 9.17) is 21.1 Å². The fraction of sp³-hybridized carbons (Fsp3) is 0.417. The van der Waals surface area contributed by atoms with Crippen molar-refractivity contribution >= 4 is 17.5 Å². The Hall–Kier alpha value is -1.42. The molecule has 1 aromatic carbocycles. The molecule has 1 aliphatic heterocycles. The summed E-state index contributed by atoms with van der Waals surface area (Å²) in [6.07, 6.45) is 0.695. The van der Waals surface area contributed by atoms with Gasteiger partial charge in [0.15, 0.2) is 11.5 Å². The molecule has 1 N–H and O–H groups in total. The Labute approximate surface area is 105 Å². The molecule has 0 radical (unpaired) electrons. The number of ether oxygens (including phenoxy) is 2. The molecule has 0 aromatic heterocycles. The largest absolute Gasteiger partial charge is 0.493 e. The van der Waals surface area contributed by atoms with Crippen molar-refractivity contribution in [1.82, 2.24) is 5.32 Å². The van der Waals surface area contributed by atoms with Crippen LogP contribution in [0.4, 0.5) is 0 Å². The smallest absolute Gasteiger partial charge is 0.251 e. The highest BCUT2D eigenvalue weighted by atomic mass is 35.5. The van der Waals surface area contributed by atoms with E-state index in [0.717, 1.165) is 5.56 Å². The van der Waals surface area contributed by atoms with Gasteiger partial charge in [-0.15, -0.1) is 0 Å². The number of fused-ring (bicyclic) bond motifs is 1. The van der Waals surface area contributed by atoms with E-state index in [-0.39, 0.29) is 11.9 Å². The van der Waals surface area contributed by atoms with Crippen molar-refractivity contribution in [3.8, 4) is 11.5 Å². The highest BCUT2D eigenvalue weighted by molar-refractivity contribution is 6.33. The third-order valence-corrected chi connectivity index (χ3v) is 3.24. The van der Waals surface area contributed by atoms with Gasteiger partial charge in [-0.05, 0) is 25.0 Å². The van der Waals surface area contributed by atoms with Crippen molar-refractivity contribution in [3.05, 3.63) is 22.2 Å². The van der Waals surface area contributed by atoms with Gasteiger partial charge in [0.2, 0.25) is 0 Å². The van der Waals surface area contributed by atoms with E-state index in [9.17, 15) is 4.79 Å². The van der Waals surface area contributed by atoms with Crippen LogP contribution in [0.15, 0.2) is 6.07 Å². The summed E-state index contributed by atoms with van der Waals surface area (Å²) in [7, 11) is 3.05. The first-order chi connectivity index (χ1) is 8.08. The predicted octanol–water partition coefficient (Wildman–Crippen LogP) is 2.03. The molecule has 4 nitrogen and oxygen atoms in total. The Bertz CT molecular complexity index is 473. The van der Waals surface area contributed by atoms with Crippen LogP contribution in [0.25, 0.3) is 0 Å². The minimum Gasteiger partial charge on any atom is -0.493 e. The summed E-state index contributed by atoms with van der Waals surface area (Å²) in [5.41, 5.74) is 1.38. The molecule has 0 bridgehead atoms. The van der Waals surface area contributed by atoms with Crippen LogP contribution in [0, 0.1) is 0 Å². The van der Waals surface area contributed by atoms with Crippen LogP contribution in [0.2, 0.25) is 5.02 Å². The van der Waals surface area contributed by atoms with E-state index in [0.29, 0.717) is 28.5 Å². The van der Waals surface area contributed by atoms with E-state index in [1.165, 1.54) is 14.2 Å². The van der Waals surface area contributed by atoms with E-state index in [1.54, 1.807) is 6.07 Å². The van der Waals surface area contributed by atoms with Crippen molar-refractivity contribution < 1.29 is 14.3 Å². The number of carbonyl (C=O) groups excluding carboxylic acids is 1. The molecule has 1 atom stereocenters. The molecule has 1 aromatic rings. The SMILES string of the molecule is COc1cc2c(c(Cl)c1OC)CC(C)NC2=O. The molecule has 1 unspecified atom stereocenters. The lowest BCUT2D eigenvalue weighted by Crippen LogP contribution is -2.39. The molecular weight excluding hydrogens is 242 g/mol. The van der Waals surface area contributed by atoms with Crippen molar-refractivity contribution in [2.75, 3.05) is 14.2 Å². The number of amides is 1. The van der Waals surface area contributed by atoms with Gasteiger partial charge < -0.3 is 14.8 Å². The van der Waals surface area contributed by atoms with Crippen LogP contribution in [0.5, 0.6) is 11.5 Å². The molecule has 0 fully saturated rings. The molecule has 1 amide bonds. The second kappa shape index (κ2) is 4.45. The topological polar surface area (TPSA) is 47.6 Å². The number of nitrogens with one attached hydrogen (secondary N) is 1. The average molecular weight is 256 g/mol. The van der Waals surface area contributed by atoms with Crippen LogP contribution in [-0.2, 0) is 6.42 Å². The Balaban J connectivity index is 2.64. The lowest BCUT2D eigenvalue weighted by Gasteiger charge is -2.25. The number of carbonyl (C=O) groups is 1. The molecule has 0 aliphatic carbocycles. The quantitative estimate of drug-likeness (QED) is 0.880. The van der Waals surface area contributed by atoms with Gasteiger partial charge in [0.1, 0.15) is 0 Å². The van der Waals surface area contributed by atoms with E-state index < -0.39 is 0 Å². The summed E-state index contributed by atoms with van der Waals surface area (Å²) in [6.45, 7) is 1.94. The number of hydrogen-bond donors (Lipinski definition) is 1. The number of halogens is 1. The van der Waals surface area contributed by atoms with Crippen LogP contribution < -0.4 is 14.8 Å². The Morgan fingerprint density at radius 1 is 1.41 bits per heavy atom. The molecule has 1 aliphatic rings. The molecule has 0 saturated heterocycles. The predicted molar refractivity (Wildman–Crippen MR) is 65.2 cm³/mol. The second-order valence-electron chi connectivity index (χ2n) is 4.03. The molecular formula is C12H14ClNO3. The monoisotopic (exact) mass is 255 g/mol. The molecule has 17 heavy (non-hydrogen) atoms. The zero-order valence-corrected chi connectivity index (χ0v) is 10.7. The van der Waals surface area contributed by atoms with Crippen molar-refractivity contribution in [3.63, 3.8) is 0 Å². The Kier molecular flexibility index (Phi) is 3.15. The molecule has 5 heteroatoms. The first-order valence-electron chi connectivity index (χ1n) is 5.32. The van der Waals surface area contributed by atoms with Gasteiger partial charge in [0.25, 0.3) is 5.91 Å². The summed E-state index contributed by atoms with van der Waals surface area (Å²) in [4.78, 5) is 11.8. The van der Waals surface area contributed by atoms with Gasteiger partial charge >= 0.3 is 0 Å². The van der Waals surface area contributed by atoms with Gasteiger partial charge in [-0.2, -0.15) is 0 Å². The van der Waals surface area contributed by atoms with Crippen LogP contribution >= 0.6 is 11.6 Å². The molecule has 2 rings (SSSR count). The highest BCUT2D eigenvalue weighted by Crippen LogP contribution is 2.41. The van der Waals surface area contributed by atoms with Crippen LogP contribution in [0.3, 0.4) is 0 Å². The van der Waals surface area contributed by atoms with Gasteiger partial charge in [-0.1, -0.05) is 11.6 Å². The number of methoxy groups -OCH3 is 2. The second-order valence-corrected chi connectivity index (χ2v) is 4.41. The first kappa shape index (κ1) is 12.0. The Morgan fingerprint density at radius 2 is 2.12 bits per heavy atom. The van der Waals surface area contributed by atoms with Gasteiger partial charge in [0, 0.05) is 11.6 Å². The maximum Gasteiger partial charge on any atom is 0.251 e. The summed E-state index contributed by atoms with van der Waals surface area (Å²) < 4.78 is 10.4. The molecule has 0 saturated carbocycles. The third-order valence-electron chi connectivity index (χ3n) is 2.85. The van der Waals surface area contributed by atoms with Crippen LogP contribution in [0.1, 0.15) is 22.8 Å². The van der Waals surface area contributed by atoms with Crippen LogP contribution in [-0.4, -0.2) is 26.2 Å². The fourth-order valence-corrected chi connectivity index (χ4v) is 2.40. The molecule has 1 heterocycles. The summed E-state index contributed by atoms with van der Waals surface area (Å²) in [5.74, 6) is 0.831. The normalized spacial score (nSPS) is 18.4. The van der Waals surface area contributed by atoms with E-state index >= 15 is 0 Å². The minimum atomic E-state index is -0.124. The lowest BCUT2D eigenvalue weighted by atomic mass is 9.95. The van der Waals surface area contributed by atoms with E-state index in [1.807, 2.05) is 6.92 Å². The lowest BCUT2D eigenvalue weighted by molar-refractivity contribution is 0.0928. The van der Waals surface area contributed by atoms with Gasteiger partial charge in [0.05, 0.1) is 19.2 Å². The van der Waals surface area contributed by atoms with Gasteiger partial charge in [-0.3, -0.25) is 4.79 Å².